The third-order valence-electron chi connectivity index (χ3n) is 6.22. The van der Waals surface area contributed by atoms with E-state index in [1.54, 1.807) is 24.1 Å². The highest BCUT2D eigenvalue weighted by molar-refractivity contribution is 7.89. The van der Waals surface area contributed by atoms with Crippen molar-refractivity contribution in [3.05, 3.63) is 48.0 Å². The smallest absolute Gasteiger partial charge is 0.253 e. The van der Waals surface area contributed by atoms with Crippen LogP contribution in [0.2, 0.25) is 0 Å². The molecule has 0 unspecified atom stereocenters. The van der Waals surface area contributed by atoms with Gasteiger partial charge in [-0.3, -0.25) is 4.79 Å². The first-order chi connectivity index (χ1) is 16.4. The van der Waals surface area contributed by atoms with Crippen LogP contribution in [0.3, 0.4) is 0 Å². The normalized spacial score (nSPS) is 17.8. The SMILES string of the molecule is COc1ccc(N2CCCN(C(=O)c3ccc(OC)c(S(=O)(=O)N4CCOCC4)c3)CC2)cc1. The molecule has 0 radical (unpaired) electrons. The maximum atomic E-state index is 13.4. The van der Waals surface area contributed by atoms with Crippen molar-refractivity contribution in [2.24, 2.45) is 0 Å². The van der Waals surface area contributed by atoms with Gasteiger partial charge in [-0.05, 0) is 48.9 Å². The fourth-order valence-electron chi connectivity index (χ4n) is 4.29. The molecule has 2 aliphatic heterocycles. The number of carbonyl (C=O) groups excluding carboxylic acids is 1. The molecule has 2 saturated heterocycles. The lowest BCUT2D eigenvalue weighted by Gasteiger charge is -2.27. The van der Waals surface area contributed by atoms with E-state index in [1.165, 1.54) is 17.5 Å². The number of anilines is 1. The summed E-state index contributed by atoms with van der Waals surface area (Å²) in [5, 5.41) is 0. The first-order valence-electron chi connectivity index (χ1n) is 11.4. The highest BCUT2D eigenvalue weighted by Crippen LogP contribution is 2.29. The average molecular weight is 490 g/mol. The topological polar surface area (TPSA) is 88.6 Å². The molecule has 0 saturated carbocycles. The molecule has 4 rings (SSSR count). The van der Waals surface area contributed by atoms with Crippen LogP contribution in [0.25, 0.3) is 0 Å². The molecule has 2 aliphatic rings. The van der Waals surface area contributed by atoms with E-state index in [1.807, 2.05) is 24.3 Å². The number of sulfonamides is 1. The monoisotopic (exact) mass is 489 g/mol. The van der Waals surface area contributed by atoms with Gasteiger partial charge >= 0.3 is 0 Å². The summed E-state index contributed by atoms with van der Waals surface area (Å²) in [5.74, 6) is 0.847. The standard InChI is InChI=1S/C24H31N3O6S/c1-31-21-7-5-20(6-8-21)25-10-3-11-26(13-12-25)24(28)19-4-9-22(32-2)23(18-19)34(29,30)27-14-16-33-17-15-27/h4-9,18H,3,10-17H2,1-2H3. The second-order valence-electron chi connectivity index (χ2n) is 8.21. The lowest BCUT2D eigenvalue weighted by atomic mass is 10.2. The molecular weight excluding hydrogens is 458 g/mol. The number of hydrogen-bond donors (Lipinski definition) is 0. The number of methoxy groups -OCH3 is 2. The van der Waals surface area contributed by atoms with E-state index in [0.717, 1.165) is 24.4 Å². The third-order valence-corrected chi connectivity index (χ3v) is 8.14. The molecule has 2 heterocycles. The van der Waals surface area contributed by atoms with Gasteiger partial charge in [-0.1, -0.05) is 0 Å². The third kappa shape index (κ3) is 5.13. The first kappa shape index (κ1) is 24.3. The average Bonchev–Trinajstić information content (AvgIpc) is 3.15. The molecule has 1 amide bonds. The van der Waals surface area contributed by atoms with Crippen molar-refractivity contribution in [1.29, 1.82) is 0 Å². The van der Waals surface area contributed by atoms with Gasteiger partial charge < -0.3 is 24.0 Å². The van der Waals surface area contributed by atoms with E-state index in [9.17, 15) is 13.2 Å². The number of amides is 1. The molecule has 10 heteroatoms. The van der Waals surface area contributed by atoms with Crippen LogP contribution in [-0.4, -0.2) is 90.2 Å². The minimum absolute atomic E-state index is 0.0115. The van der Waals surface area contributed by atoms with E-state index >= 15 is 0 Å². The van der Waals surface area contributed by atoms with Crippen LogP contribution in [0.1, 0.15) is 16.8 Å². The van der Waals surface area contributed by atoms with E-state index in [-0.39, 0.29) is 29.6 Å². The van der Waals surface area contributed by atoms with Crippen molar-refractivity contribution >= 4 is 21.6 Å². The van der Waals surface area contributed by atoms with Gasteiger partial charge in [-0.2, -0.15) is 4.31 Å². The second-order valence-corrected chi connectivity index (χ2v) is 10.1. The van der Waals surface area contributed by atoms with Gasteiger partial charge in [0, 0.05) is 50.5 Å². The minimum atomic E-state index is -3.81. The van der Waals surface area contributed by atoms with E-state index in [0.29, 0.717) is 38.4 Å². The molecule has 0 atom stereocenters. The zero-order chi connectivity index (χ0) is 24.1. The zero-order valence-electron chi connectivity index (χ0n) is 19.6. The molecule has 0 aliphatic carbocycles. The molecule has 2 aromatic rings. The van der Waals surface area contributed by atoms with Crippen LogP contribution in [0.4, 0.5) is 5.69 Å². The summed E-state index contributed by atoms with van der Waals surface area (Å²) in [6.45, 7) is 3.90. The fraction of sp³-hybridized carbons (Fsp3) is 0.458. The van der Waals surface area contributed by atoms with Gasteiger partial charge in [0.15, 0.2) is 0 Å². The second kappa shape index (κ2) is 10.6. The van der Waals surface area contributed by atoms with Gasteiger partial charge in [0.2, 0.25) is 10.0 Å². The van der Waals surface area contributed by atoms with Crippen molar-refractivity contribution in [2.75, 3.05) is 71.6 Å². The fourth-order valence-corrected chi connectivity index (χ4v) is 5.88. The maximum absolute atomic E-state index is 13.4. The molecule has 0 spiro atoms. The number of hydrogen-bond acceptors (Lipinski definition) is 7. The summed E-state index contributed by atoms with van der Waals surface area (Å²) in [5.41, 5.74) is 1.42. The van der Waals surface area contributed by atoms with E-state index < -0.39 is 10.0 Å². The molecule has 34 heavy (non-hydrogen) atoms. The first-order valence-corrected chi connectivity index (χ1v) is 12.8. The van der Waals surface area contributed by atoms with Crippen molar-refractivity contribution in [3.8, 4) is 11.5 Å². The van der Waals surface area contributed by atoms with E-state index in [2.05, 4.69) is 4.90 Å². The number of rotatable bonds is 6. The van der Waals surface area contributed by atoms with Crippen molar-refractivity contribution in [2.45, 2.75) is 11.3 Å². The van der Waals surface area contributed by atoms with Gasteiger partial charge in [-0.25, -0.2) is 8.42 Å². The molecule has 2 fully saturated rings. The molecule has 184 valence electrons. The van der Waals surface area contributed by atoms with Gasteiger partial charge in [0.25, 0.3) is 5.91 Å². The zero-order valence-corrected chi connectivity index (χ0v) is 20.4. The van der Waals surface area contributed by atoms with Gasteiger partial charge in [0.1, 0.15) is 16.4 Å². The van der Waals surface area contributed by atoms with Crippen molar-refractivity contribution in [3.63, 3.8) is 0 Å². The summed E-state index contributed by atoms with van der Waals surface area (Å²) in [4.78, 5) is 17.4. The van der Waals surface area contributed by atoms with Gasteiger partial charge in [0.05, 0.1) is 27.4 Å². The Balaban J connectivity index is 1.51. The van der Waals surface area contributed by atoms with Crippen LogP contribution >= 0.6 is 0 Å². The molecule has 0 N–H and O–H groups in total. The molecule has 0 bridgehead atoms. The highest BCUT2D eigenvalue weighted by atomic mass is 32.2. The Morgan fingerprint density at radius 1 is 0.882 bits per heavy atom. The molecule has 9 nitrogen and oxygen atoms in total. The Hall–Kier alpha value is -2.82. The minimum Gasteiger partial charge on any atom is -0.497 e. The largest absolute Gasteiger partial charge is 0.497 e. The Kier molecular flexibility index (Phi) is 7.60. The number of benzene rings is 2. The number of morpholine rings is 1. The highest BCUT2D eigenvalue weighted by Gasteiger charge is 2.31. The predicted octanol–water partition coefficient (Wildman–Crippen LogP) is 2.08. The van der Waals surface area contributed by atoms with Crippen LogP contribution in [-0.2, 0) is 14.8 Å². The van der Waals surface area contributed by atoms with Crippen LogP contribution in [0.15, 0.2) is 47.4 Å². The Morgan fingerprint density at radius 2 is 1.62 bits per heavy atom. The van der Waals surface area contributed by atoms with E-state index in [4.69, 9.17) is 14.2 Å². The van der Waals surface area contributed by atoms with Crippen molar-refractivity contribution < 1.29 is 27.4 Å². The Bertz CT molecular complexity index is 1100. The number of ether oxygens (including phenoxy) is 3. The maximum Gasteiger partial charge on any atom is 0.253 e. The Morgan fingerprint density at radius 3 is 2.29 bits per heavy atom. The molecule has 0 aromatic heterocycles. The molecular formula is C24H31N3O6S. The lowest BCUT2D eigenvalue weighted by molar-refractivity contribution is 0.0729. The predicted molar refractivity (Wildman–Crippen MR) is 128 cm³/mol. The summed E-state index contributed by atoms with van der Waals surface area (Å²) in [6, 6.07) is 12.5. The molecule has 2 aromatic carbocycles. The van der Waals surface area contributed by atoms with Crippen LogP contribution in [0.5, 0.6) is 11.5 Å². The summed E-state index contributed by atoms with van der Waals surface area (Å²) in [7, 11) is -0.742. The summed E-state index contributed by atoms with van der Waals surface area (Å²) in [6.07, 6.45) is 0.812. The Labute approximate surface area is 200 Å². The summed E-state index contributed by atoms with van der Waals surface area (Å²) < 4.78 is 43.8. The quantitative estimate of drug-likeness (QED) is 0.614. The van der Waals surface area contributed by atoms with Crippen LogP contribution in [0, 0.1) is 0 Å². The van der Waals surface area contributed by atoms with Gasteiger partial charge in [-0.15, -0.1) is 0 Å². The lowest BCUT2D eigenvalue weighted by Crippen LogP contribution is -2.41. The van der Waals surface area contributed by atoms with Crippen LogP contribution < -0.4 is 14.4 Å². The summed E-state index contributed by atoms with van der Waals surface area (Å²) >= 11 is 0. The van der Waals surface area contributed by atoms with Crippen molar-refractivity contribution in [1.82, 2.24) is 9.21 Å². The number of nitrogens with zero attached hydrogens (tertiary/aromatic N) is 3. The number of carbonyl (C=O) groups is 1.